The molecule has 3 aromatic heterocycles. The van der Waals surface area contributed by atoms with Crippen LogP contribution in [0.2, 0.25) is 0 Å². The molecular formula is C11H11N5S. The van der Waals surface area contributed by atoms with Crippen molar-refractivity contribution in [3.05, 3.63) is 29.4 Å². The van der Waals surface area contributed by atoms with Crippen LogP contribution in [0.3, 0.4) is 0 Å². The van der Waals surface area contributed by atoms with E-state index in [0.717, 1.165) is 22.8 Å². The van der Waals surface area contributed by atoms with Crippen LogP contribution in [0.15, 0.2) is 24.5 Å². The predicted octanol–water partition coefficient (Wildman–Crippen LogP) is 2.00. The van der Waals surface area contributed by atoms with Crippen LogP contribution < -0.4 is 5.73 Å². The molecule has 0 amide bonds. The van der Waals surface area contributed by atoms with E-state index in [9.17, 15) is 0 Å². The van der Waals surface area contributed by atoms with Gasteiger partial charge in [-0.05, 0) is 18.6 Å². The number of fused-ring (bicyclic) bond motifs is 1. The molecule has 0 spiro atoms. The van der Waals surface area contributed by atoms with Gasteiger partial charge in [-0.1, -0.05) is 6.92 Å². The van der Waals surface area contributed by atoms with E-state index in [0.29, 0.717) is 5.78 Å². The molecular weight excluding hydrogens is 234 g/mol. The Hall–Kier alpha value is -1.95. The van der Waals surface area contributed by atoms with Crippen molar-refractivity contribution in [2.75, 3.05) is 5.73 Å². The summed E-state index contributed by atoms with van der Waals surface area (Å²) in [6, 6.07) is 3.92. The molecule has 86 valence electrons. The van der Waals surface area contributed by atoms with E-state index in [2.05, 4.69) is 28.2 Å². The number of nitrogen functional groups attached to an aromatic ring is 1. The first-order valence-corrected chi connectivity index (χ1v) is 6.15. The summed E-state index contributed by atoms with van der Waals surface area (Å²) >= 11 is 1.60. The van der Waals surface area contributed by atoms with E-state index in [4.69, 9.17) is 5.73 Å². The van der Waals surface area contributed by atoms with Crippen LogP contribution in [0.25, 0.3) is 17.2 Å². The molecule has 0 aromatic carbocycles. The summed E-state index contributed by atoms with van der Waals surface area (Å²) < 4.78 is 1.85. The fraction of sp³-hybridized carbons (Fsp3) is 0.182. The summed E-state index contributed by atoms with van der Waals surface area (Å²) in [7, 11) is 0. The molecule has 3 aromatic rings. The number of thiophene rings is 1. The molecule has 0 saturated heterocycles. The van der Waals surface area contributed by atoms with Crippen molar-refractivity contribution < 1.29 is 0 Å². The zero-order chi connectivity index (χ0) is 11.8. The number of aryl methyl sites for hydroxylation is 1. The first-order chi connectivity index (χ1) is 8.29. The lowest BCUT2D eigenvalue weighted by atomic mass is 10.2. The molecule has 17 heavy (non-hydrogen) atoms. The number of rotatable bonds is 2. The van der Waals surface area contributed by atoms with Crippen molar-refractivity contribution in [1.29, 1.82) is 0 Å². The molecule has 2 N–H and O–H groups in total. The van der Waals surface area contributed by atoms with Gasteiger partial charge in [0.05, 0.1) is 10.6 Å². The van der Waals surface area contributed by atoms with Gasteiger partial charge in [0, 0.05) is 17.3 Å². The average Bonchev–Trinajstić information content (AvgIpc) is 2.92. The van der Waals surface area contributed by atoms with Crippen LogP contribution in [-0.4, -0.2) is 19.6 Å². The molecule has 6 heteroatoms. The number of anilines is 1. The van der Waals surface area contributed by atoms with E-state index >= 15 is 0 Å². The van der Waals surface area contributed by atoms with Crippen LogP contribution in [0, 0.1) is 0 Å². The maximum absolute atomic E-state index is 6.02. The van der Waals surface area contributed by atoms with Gasteiger partial charge >= 0.3 is 0 Å². The lowest BCUT2D eigenvalue weighted by molar-refractivity contribution is 1.10. The van der Waals surface area contributed by atoms with Crippen LogP contribution >= 0.6 is 11.3 Å². The number of hydrogen-bond donors (Lipinski definition) is 1. The largest absolute Gasteiger partial charge is 0.390 e. The van der Waals surface area contributed by atoms with Crippen molar-refractivity contribution in [2.24, 2.45) is 0 Å². The average molecular weight is 245 g/mol. The van der Waals surface area contributed by atoms with E-state index in [1.54, 1.807) is 17.5 Å². The van der Waals surface area contributed by atoms with E-state index < -0.39 is 0 Å². The van der Waals surface area contributed by atoms with E-state index in [1.165, 1.54) is 4.88 Å². The van der Waals surface area contributed by atoms with E-state index in [1.807, 2.05) is 16.7 Å². The Morgan fingerprint density at radius 1 is 1.41 bits per heavy atom. The van der Waals surface area contributed by atoms with Gasteiger partial charge in [-0.15, -0.1) is 21.5 Å². The summed E-state index contributed by atoms with van der Waals surface area (Å²) in [5, 5.41) is 8.95. The highest BCUT2D eigenvalue weighted by molar-refractivity contribution is 7.16. The molecule has 5 nitrogen and oxygen atoms in total. The zero-order valence-electron chi connectivity index (χ0n) is 9.29. The van der Waals surface area contributed by atoms with Crippen LogP contribution in [0.4, 0.5) is 5.00 Å². The number of aromatic nitrogens is 4. The Kier molecular flexibility index (Phi) is 2.29. The van der Waals surface area contributed by atoms with Gasteiger partial charge in [-0.3, -0.25) is 4.40 Å². The maximum atomic E-state index is 6.02. The summed E-state index contributed by atoms with van der Waals surface area (Å²) in [5.74, 6) is 1.34. The van der Waals surface area contributed by atoms with Gasteiger partial charge in [0.2, 0.25) is 0 Å². The normalized spacial score (nSPS) is 11.1. The minimum Gasteiger partial charge on any atom is -0.390 e. The van der Waals surface area contributed by atoms with Gasteiger partial charge in [0.25, 0.3) is 5.78 Å². The molecule has 3 rings (SSSR count). The molecule has 0 aliphatic rings. The van der Waals surface area contributed by atoms with Gasteiger partial charge in [0.1, 0.15) is 0 Å². The quantitative estimate of drug-likeness (QED) is 0.749. The fourth-order valence-corrected chi connectivity index (χ4v) is 2.60. The molecule has 0 bridgehead atoms. The Labute approximate surface area is 102 Å². The monoisotopic (exact) mass is 245 g/mol. The Morgan fingerprint density at radius 3 is 3.06 bits per heavy atom. The molecule has 0 fully saturated rings. The van der Waals surface area contributed by atoms with Crippen molar-refractivity contribution in [2.45, 2.75) is 13.3 Å². The molecule has 0 radical (unpaired) electrons. The molecule has 3 heterocycles. The first-order valence-electron chi connectivity index (χ1n) is 5.34. The van der Waals surface area contributed by atoms with Crippen LogP contribution in [-0.2, 0) is 6.42 Å². The summed E-state index contributed by atoms with van der Waals surface area (Å²) in [6.45, 7) is 2.11. The van der Waals surface area contributed by atoms with Gasteiger partial charge in [0.15, 0.2) is 5.82 Å². The molecule has 0 atom stereocenters. The number of nitrogens with zero attached hydrogens (tertiary/aromatic N) is 4. The lowest BCUT2D eigenvalue weighted by Gasteiger charge is -1.96. The first kappa shape index (κ1) is 10.2. The fourth-order valence-electron chi connectivity index (χ4n) is 1.73. The highest BCUT2D eigenvalue weighted by Gasteiger charge is 2.14. The minimum absolute atomic E-state index is 0.589. The third kappa shape index (κ3) is 1.57. The summed E-state index contributed by atoms with van der Waals surface area (Å²) in [5.41, 5.74) is 6.95. The smallest absolute Gasteiger partial charge is 0.255 e. The van der Waals surface area contributed by atoms with Crippen molar-refractivity contribution in [1.82, 2.24) is 19.6 Å². The van der Waals surface area contributed by atoms with Gasteiger partial charge in [-0.2, -0.15) is 0 Å². The molecule has 0 saturated carbocycles. The van der Waals surface area contributed by atoms with Crippen molar-refractivity contribution in [3.63, 3.8) is 0 Å². The van der Waals surface area contributed by atoms with Gasteiger partial charge in [-0.25, -0.2) is 4.98 Å². The topological polar surface area (TPSA) is 69.1 Å². The number of hydrogen-bond acceptors (Lipinski definition) is 5. The third-order valence-corrected chi connectivity index (χ3v) is 3.70. The lowest BCUT2D eigenvalue weighted by Crippen LogP contribution is -1.91. The second-order valence-electron chi connectivity index (χ2n) is 3.66. The van der Waals surface area contributed by atoms with E-state index in [-0.39, 0.29) is 0 Å². The molecule has 0 aliphatic heterocycles. The Balaban J connectivity index is 2.23. The second kappa shape index (κ2) is 3.81. The zero-order valence-corrected chi connectivity index (χ0v) is 10.1. The maximum Gasteiger partial charge on any atom is 0.255 e. The highest BCUT2D eigenvalue weighted by Crippen LogP contribution is 2.32. The Bertz CT molecular complexity index is 669. The summed E-state index contributed by atoms with van der Waals surface area (Å²) in [6.07, 6.45) is 4.56. The van der Waals surface area contributed by atoms with Crippen molar-refractivity contribution in [3.8, 4) is 11.4 Å². The second-order valence-corrected chi connectivity index (χ2v) is 4.83. The predicted molar refractivity (Wildman–Crippen MR) is 67.9 cm³/mol. The minimum atomic E-state index is 0.589. The molecule has 0 unspecified atom stereocenters. The number of nitrogens with two attached hydrogens (primary N) is 1. The highest BCUT2D eigenvalue weighted by atomic mass is 32.1. The van der Waals surface area contributed by atoms with Gasteiger partial charge < -0.3 is 5.73 Å². The van der Waals surface area contributed by atoms with Crippen LogP contribution in [0.1, 0.15) is 11.8 Å². The SMILES string of the molecule is CCc1cc(-c2nnc3ncccn23)c(N)s1. The molecule has 0 aliphatic carbocycles. The third-order valence-electron chi connectivity index (χ3n) is 2.59. The summed E-state index contributed by atoms with van der Waals surface area (Å²) in [4.78, 5) is 5.38. The van der Waals surface area contributed by atoms with Crippen molar-refractivity contribution >= 4 is 22.1 Å². The Morgan fingerprint density at radius 2 is 2.29 bits per heavy atom. The standard InChI is InChI=1S/C11H11N5S/c1-2-7-6-8(9(12)17-7)10-14-15-11-13-4-3-5-16(10)11/h3-6H,2,12H2,1H3. The van der Waals surface area contributed by atoms with Crippen LogP contribution in [0.5, 0.6) is 0 Å².